The highest BCUT2D eigenvalue weighted by atomic mass is 32.2. The fraction of sp³-hybridized carbons (Fsp3) is 0.400. The van der Waals surface area contributed by atoms with Gasteiger partial charge in [0.05, 0.1) is 12.2 Å². The Morgan fingerprint density at radius 2 is 2.18 bits per heavy atom. The Balaban J connectivity index is 1.96. The van der Waals surface area contributed by atoms with E-state index >= 15 is 0 Å². The van der Waals surface area contributed by atoms with Crippen LogP contribution in [0.2, 0.25) is 0 Å². The number of piperidine rings is 1. The van der Waals surface area contributed by atoms with Crippen molar-refractivity contribution in [1.82, 2.24) is 9.62 Å². The SMILES string of the molecule is CNC(=O)C1CCCN(S(=O)(=O)c2cccc3ccoc23)C1. The molecule has 0 aliphatic carbocycles. The van der Waals surface area contributed by atoms with Crippen LogP contribution in [0.25, 0.3) is 11.0 Å². The first-order valence-electron chi connectivity index (χ1n) is 7.22. The lowest BCUT2D eigenvalue weighted by Gasteiger charge is -2.30. The van der Waals surface area contributed by atoms with Gasteiger partial charge in [-0.15, -0.1) is 0 Å². The number of hydrogen-bond donors (Lipinski definition) is 1. The molecule has 2 aromatic rings. The second kappa shape index (κ2) is 5.73. The van der Waals surface area contributed by atoms with Gasteiger partial charge in [0.2, 0.25) is 15.9 Å². The number of nitrogens with zero attached hydrogens (tertiary/aromatic N) is 1. The lowest BCUT2D eigenvalue weighted by atomic mass is 9.99. The normalized spacial score (nSPS) is 20.1. The molecule has 1 fully saturated rings. The maximum absolute atomic E-state index is 12.9. The molecule has 0 radical (unpaired) electrons. The van der Waals surface area contributed by atoms with Gasteiger partial charge in [0.15, 0.2) is 5.58 Å². The lowest BCUT2D eigenvalue weighted by Crippen LogP contribution is -2.44. The zero-order valence-corrected chi connectivity index (χ0v) is 13.1. The molecule has 0 saturated carbocycles. The van der Waals surface area contributed by atoms with Crippen molar-refractivity contribution in [1.29, 1.82) is 0 Å². The van der Waals surface area contributed by atoms with Gasteiger partial charge in [-0.05, 0) is 25.0 Å². The molecule has 1 aromatic heterocycles. The minimum Gasteiger partial charge on any atom is -0.463 e. The quantitative estimate of drug-likeness (QED) is 0.930. The highest BCUT2D eigenvalue weighted by Gasteiger charge is 2.34. The second-order valence-electron chi connectivity index (χ2n) is 5.41. The molecule has 3 rings (SSSR count). The third-order valence-electron chi connectivity index (χ3n) is 4.06. The van der Waals surface area contributed by atoms with Crippen molar-refractivity contribution in [3.05, 3.63) is 30.5 Å². The third kappa shape index (κ3) is 2.50. The van der Waals surface area contributed by atoms with Gasteiger partial charge < -0.3 is 9.73 Å². The molecule has 0 spiro atoms. The van der Waals surface area contributed by atoms with E-state index in [1.165, 1.54) is 10.6 Å². The van der Waals surface area contributed by atoms with Crippen LogP contribution in [0.4, 0.5) is 0 Å². The van der Waals surface area contributed by atoms with E-state index in [4.69, 9.17) is 4.42 Å². The van der Waals surface area contributed by atoms with E-state index in [-0.39, 0.29) is 23.3 Å². The van der Waals surface area contributed by atoms with E-state index in [0.29, 0.717) is 25.0 Å². The molecule has 1 saturated heterocycles. The van der Waals surface area contributed by atoms with Crippen LogP contribution in [0, 0.1) is 5.92 Å². The highest BCUT2D eigenvalue weighted by Crippen LogP contribution is 2.29. The molecule has 22 heavy (non-hydrogen) atoms. The average Bonchev–Trinajstić information content (AvgIpc) is 3.02. The molecule has 1 atom stereocenters. The number of nitrogens with one attached hydrogen (secondary N) is 1. The molecule has 1 aliphatic rings. The lowest BCUT2D eigenvalue weighted by molar-refractivity contribution is -0.125. The number of sulfonamides is 1. The summed E-state index contributed by atoms with van der Waals surface area (Å²) in [4.78, 5) is 12.0. The van der Waals surface area contributed by atoms with Crippen molar-refractivity contribution >= 4 is 26.9 Å². The summed E-state index contributed by atoms with van der Waals surface area (Å²) in [6, 6.07) is 6.79. The zero-order chi connectivity index (χ0) is 15.7. The van der Waals surface area contributed by atoms with Gasteiger partial charge in [-0.2, -0.15) is 4.31 Å². The van der Waals surface area contributed by atoms with E-state index in [1.807, 2.05) is 0 Å². The Morgan fingerprint density at radius 3 is 2.95 bits per heavy atom. The summed E-state index contributed by atoms with van der Waals surface area (Å²) in [7, 11) is -2.10. The monoisotopic (exact) mass is 322 g/mol. The minimum atomic E-state index is -3.67. The van der Waals surface area contributed by atoms with Gasteiger partial charge in [-0.1, -0.05) is 12.1 Å². The van der Waals surface area contributed by atoms with Gasteiger partial charge in [0.25, 0.3) is 0 Å². The van der Waals surface area contributed by atoms with E-state index in [0.717, 1.165) is 5.39 Å². The predicted octanol–water partition coefficient (Wildman–Crippen LogP) is 1.58. The topological polar surface area (TPSA) is 79.6 Å². The molecule has 1 unspecified atom stereocenters. The zero-order valence-electron chi connectivity index (χ0n) is 12.3. The smallest absolute Gasteiger partial charge is 0.246 e. The van der Waals surface area contributed by atoms with Crippen molar-refractivity contribution in [2.75, 3.05) is 20.1 Å². The first-order chi connectivity index (χ1) is 10.5. The van der Waals surface area contributed by atoms with E-state index < -0.39 is 10.0 Å². The standard InChI is InChI=1S/C15H18N2O4S/c1-16-15(18)12-5-3-8-17(10-12)22(19,20)13-6-2-4-11-7-9-21-14(11)13/h2,4,6-7,9,12H,3,5,8,10H2,1H3,(H,16,18). The number of carbonyl (C=O) groups is 1. The third-order valence-corrected chi connectivity index (χ3v) is 5.95. The van der Waals surface area contributed by atoms with Crippen LogP contribution in [0.1, 0.15) is 12.8 Å². The van der Waals surface area contributed by atoms with Gasteiger partial charge >= 0.3 is 0 Å². The largest absolute Gasteiger partial charge is 0.463 e. The summed E-state index contributed by atoms with van der Waals surface area (Å²) < 4.78 is 32.5. The maximum atomic E-state index is 12.9. The fourth-order valence-corrected chi connectivity index (χ4v) is 4.56. The van der Waals surface area contributed by atoms with Crippen LogP contribution in [0.3, 0.4) is 0 Å². The molecule has 1 aliphatic heterocycles. The Hall–Kier alpha value is -1.86. The molecular weight excluding hydrogens is 304 g/mol. The number of fused-ring (bicyclic) bond motifs is 1. The van der Waals surface area contributed by atoms with Crippen molar-refractivity contribution in [2.45, 2.75) is 17.7 Å². The van der Waals surface area contributed by atoms with Crippen LogP contribution < -0.4 is 5.32 Å². The van der Waals surface area contributed by atoms with Crippen molar-refractivity contribution < 1.29 is 17.6 Å². The fourth-order valence-electron chi connectivity index (χ4n) is 2.89. The molecular formula is C15H18N2O4S. The van der Waals surface area contributed by atoms with Gasteiger partial charge in [-0.25, -0.2) is 8.42 Å². The van der Waals surface area contributed by atoms with Crippen LogP contribution in [0.15, 0.2) is 39.8 Å². The first kappa shape index (κ1) is 15.1. The van der Waals surface area contributed by atoms with Crippen molar-refractivity contribution in [2.24, 2.45) is 5.92 Å². The van der Waals surface area contributed by atoms with Crippen molar-refractivity contribution in [3.63, 3.8) is 0 Å². The summed E-state index contributed by atoms with van der Waals surface area (Å²) in [5, 5.41) is 3.34. The van der Waals surface area contributed by atoms with Crippen molar-refractivity contribution in [3.8, 4) is 0 Å². The Kier molecular flexibility index (Phi) is 3.92. The van der Waals surface area contributed by atoms with Gasteiger partial charge in [0, 0.05) is 25.5 Å². The molecule has 7 heteroatoms. The maximum Gasteiger partial charge on any atom is 0.246 e. The van der Waals surface area contributed by atoms with Gasteiger partial charge in [0.1, 0.15) is 4.90 Å². The minimum absolute atomic E-state index is 0.115. The summed E-state index contributed by atoms with van der Waals surface area (Å²) in [6.07, 6.45) is 2.86. The molecule has 6 nitrogen and oxygen atoms in total. The Morgan fingerprint density at radius 1 is 1.36 bits per heavy atom. The highest BCUT2D eigenvalue weighted by molar-refractivity contribution is 7.89. The summed E-state index contributed by atoms with van der Waals surface area (Å²) >= 11 is 0. The Bertz CT molecular complexity index is 797. The number of para-hydroxylation sites is 1. The van der Waals surface area contributed by atoms with E-state index in [2.05, 4.69) is 5.32 Å². The average molecular weight is 322 g/mol. The number of carbonyl (C=O) groups excluding carboxylic acids is 1. The number of benzene rings is 1. The predicted molar refractivity (Wildman–Crippen MR) is 81.8 cm³/mol. The summed E-state index contributed by atoms with van der Waals surface area (Å²) in [6.45, 7) is 0.631. The Labute approximate surface area is 129 Å². The van der Waals surface area contributed by atoms with Crippen LogP contribution in [-0.4, -0.2) is 38.8 Å². The molecule has 1 aromatic carbocycles. The van der Waals surface area contributed by atoms with Crippen LogP contribution in [0.5, 0.6) is 0 Å². The molecule has 118 valence electrons. The number of rotatable bonds is 3. The van der Waals surface area contributed by atoms with Crippen LogP contribution >= 0.6 is 0 Å². The van der Waals surface area contributed by atoms with E-state index in [1.54, 1.807) is 31.3 Å². The van der Waals surface area contributed by atoms with Gasteiger partial charge in [-0.3, -0.25) is 4.79 Å². The first-order valence-corrected chi connectivity index (χ1v) is 8.66. The van der Waals surface area contributed by atoms with E-state index in [9.17, 15) is 13.2 Å². The number of furan rings is 1. The molecule has 0 bridgehead atoms. The molecule has 1 amide bonds. The molecule has 2 heterocycles. The second-order valence-corrected chi connectivity index (χ2v) is 7.32. The summed E-state index contributed by atoms with van der Waals surface area (Å²) in [5.41, 5.74) is 0.365. The molecule has 1 N–H and O–H groups in total. The number of amides is 1. The van der Waals surface area contributed by atoms with Crippen LogP contribution in [-0.2, 0) is 14.8 Å². The number of hydrogen-bond acceptors (Lipinski definition) is 4. The summed E-state index contributed by atoms with van der Waals surface area (Å²) in [5.74, 6) is -0.416.